The number of aromatic nitrogens is 2. The Labute approximate surface area is 112 Å². The number of rotatable bonds is 4. The molecule has 7 heteroatoms. The SMILES string of the molecule is Cc1nc(NN)cc(N(C)CC(=O)N2CCCC2)n1. The van der Waals surface area contributed by atoms with Crippen LogP contribution in [0.2, 0.25) is 0 Å². The number of nitrogen functional groups attached to an aromatic ring is 1. The fraction of sp³-hybridized carbons (Fsp3) is 0.583. The van der Waals surface area contributed by atoms with Gasteiger partial charge in [-0.05, 0) is 19.8 Å². The third-order valence-electron chi connectivity index (χ3n) is 3.19. The topological polar surface area (TPSA) is 87.4 Å². The molecule has 0 unspecified atom stereocenters. The van der Waals surface area contributed by atoms with Gasteiger partial charge in [0.25, 0.3) is 0 Å². The third kappa shape index (κ3) is 3.31. The number of nitrogens with two attached hydrogens (primary N) is 1. The molecule has 0 saturated carbocycles. The Morgan fingerprint density at radius 3 is 2.79 bits per heavy atom. The number of carbonyl (C=O) groups excluding carboxylic acids is 1. The molecule has 1 saturated heterocycles. The number of hydrazine groups is 1. The van der Waals surface area contributed by atoms with Crippen LogP contribution < -0.4 is 16.2 Å². The summed E-state index contributed by atoms with van der Waals surface area (Å²) in [5.74, 6) is 7.34. The molecule has 2 heterocycles. The Balaban J connectivity index is 2.04. The molecule has 0 aliphatic carbocycles. The van der Waals surface area contributed by atoms with E-state index in [0.29, 0.717) is 24.0 Å². The van der Waals surface area contributed by atoms with Gasteiger partial charge in [-0.2, -0.15) is 0 Å². The second-order valence-corrected chi connectivity index (χ2v) is 4.75. The second-order valence-electron chi connectivity index (χ2n) is 4.75. The van der Waals surface area contributed by atoms with E-state index < -0.39 is 0 Å². The van der Waals surface area contributed by atoms with Gasteiger partial charge in [-0.15, -0.1) is 0 Å². The lowest BCUT2D eigenvalue weighted by molar-refractivity contribution is -0.128. The zero-order chi connectivity index (χ0) is 13.8. The van der Waals surface area contributed by atoms with E-state index in [4.69, 9.17) is 5.84 Å². The van der Waals surface area contributed by atoms with E-state index in [1.165, 1.54) is 0 Å². The van der Waals surface area contributed by atoms with E-state index in [2.05, 4.69) is 15.4 Å². The number of anilines is 2. The van der Waals surface area contributed by atoms with Gasteiger partial charge in [0.15, 0.2) is 0 Å². The van der Waals surface area contributed by atoms with Gasteiger partial charge in [-0.25, -0.2) is 15.8 Å². The predicted octanol–water partition coefficient (Wildman–Crippen LogP) is 0.129. The number of likely N-dealkylation sites (N-methyl/N-ethyl adjacent to an activating group) is 1. The van der Waals surface area contributed by atoms with E-state index in [1.807, 2.05) is 16.8 Å². The number of carbonyl (C=O) groups is 1. The van der Waals surface area contributed by atoms with Crippen LogP contribution >= 0.6 is 0 Å². The molecule has 0 bridgehead atoms. The molecule has 3 N–H and O–H groups in total. The first-order valence-corrected chi connectivity index (χ1v) is 6.41. The summed E-state index contributed by atoms with van der Waals surface area (Å²) in [4.78, 5) is 24.2. The summed E-state index contributed by atoms with van der Waals surface area (Å²) < 4.78 is 0. The van der Waals surface area contributed by atoms with Crippen LogP contribution in [0.5, 0.6) is 0 Å². The molecule has 1 fully saturated rings. The fourth-order valence-electron chi connectivity index (χ4n) is 2.17. The molecule has 1 aromatic rings. The average molecular weight is 264 g/mol. The molecular formula is C12H20N6O. The minimum absolute atomic E-state index is 0.138. The van der Waals surface area contributed by atoms with Gasteiger partial charge in [0.1, 0.15) is 17.5 Å². The van der Waals surface area contributed by atoms with Crippen molar-refractivity contribution >= 4 is 17.5 Å². The highest BCUT2D eigenvalue weighted by atomic mass is 16.2. The van der Waals surface area contributed by atoms with Gasteiger partial charge < -0.3 is 15.2 Å². The molecule has 19 heavy (non-hydrogen) atoms. The summed E-state index contributed by atoms with van der Waals surface area (Å²) in [5.41, 5.74) is 2.50. The van der Waals surface area contributed by atoms with Crippen molar-refractivity contribution in [1.82, 2.24) is 14.9 Å². The first-order chi connectivity index (χ1) is 9.10. The maximum atomic E-state index is 12.1. The Morgan fingerprint density at radius 2 is 2.16 bits per heavy atom. The zero-order valence-electron chi connectivity index (χ0n) is 11.4. The van der Waals surface area contributed by atoms with Crippen molar-refractivity contribution in [2.45, 2.75) is 19.8 Å². The minimum atomic E-state index is 0.138. The van der Waals surface area contributed by atoms with Crippen LogP contribution in [0.3, 0.4) is 0 Å². The van der Waals surface area contributed by atoms with Gasteiger partial charge in [0.2, 0.25) is 5.91 Å². The van der Waals surface area contributed by atoms with Crippen molar-refractivity contribution in [3.63, 3.8) is 0 Å². The van der Waals surface area contributed by atoms with E-state index >= 15 is 0 Å². The summed E-state index contributed by atoms with van der Waals surface area (Å²) in [6.45, 7) is 3.84. The lowest BCUT2D eigenvalue weighted by atomic mass is 10.4. The normalized spacial score (nSPS) is 14.6. The molecule has 7 nitrogen and oxygen atoms in total. The van der Waals surface area contributed by atoms with Gasteiger partial charge in [0, 0.05) is 26.2 Å². The van der Waals surface area contributed by atoms with Crippen molar-refractivity contribution in [1.29, 1.82) is 0 Å². The summed E-state index contributed by atoms with van der Waals surface area (Å²) in [6, 6.07) is 1.73. The third-order valence-corrected chi connectivity index (χ3v) is 3.19. The summed E-state index contributed by atoms with van der Waals surface area (Å²) in [5, 5.41) is 0. The van der Waals surface area contributed by atoms with Gasteiger partial charge in [-0.3, -0.25) is 4.79 Å². The number of hydrogen-bond donors (Lipinski definition) is 2. The van der Waals surface area contributed by atoms with Gasteiger partial charge in [-0.1, -0.05) is 0 Å². The maximum absolute atomic E-state index is 12.1. The molecular weight excluding hydrogens is 244 g/mol. The van der Waals surface area contributed by atoms with Crippen LogP contribution in [0.4, 0.5) is 11.6 Å². The van der Waals surface area contributed by atoms with Crippen molar-refractivity contribution in [3.05, 3.63) is 11.9 Å². The van der Waals surface area contributed by atoms with E-state index in [0.717, 1.165) is 25.9 Å². The fourth-order valence-corrected chi connectivity index (χ4v) is 2.17. The van der Waals surface area contributed by atoms with Crippen LogP contribution in [-0.2, 0) is 4.79 Å². The highest BCUT2D eigenvalue weighted by Gasteiger charge is 2.19. The summed E-state index contributed by atoms with van der Waals surface area (Å²) >= 11 is 0. The highest BCUT2D eigenvalue weighted by molar-refractivity contribution is 5.81. The Morgan fingerprint density at radius 1 is 1.47 bits per heavy atom. The number of aryl methyl sites for hydroxylation is 1. The Hall–Kier alpha value is -1.89. The number of hydrogen-bond acceptors (Lipinski definition) is 6. The van der Waals surface area contributed by atoms with Crippen molar-refractivity contribution < 1.29 is 4.79 Å². The lowest BCUT2D eigenvalue weighted by Crippen LogP contribution is -2.37. The maximum Gasteiger partial charge on any atom is 0.242 e. The van der Waals surface area contributed by atoms with Crippen molar-refractivity contribution in [3.8, 4) is 0 Å². The molecule has 104 valence electrons. The van der Waals surface area contributed by atoms with Gasteiger partial charge in [0.05, 0.1) is 6.54 Å². The summed E-state index contributed by atoms with van der Waals surface area (Å²) in [7, 11) is 1.84. The number of likely N-dealkylation sites (tertiary alicyclic amines) is 1. The largest absolute Gasteiger partial charge is 0.350 e. The summed E-state index contributed by atoms with van der Waals surface area (Å²) in [6.07, 6.45) is 2.20. The first kappa shape index (κ1) is 13.5. The highest BCUT2D eigenvalue weighted by Crippen LogP contribution is 2.15. The standard InChI is InChI=1S/C12H20N6O/c1-9-14-10(16-13)7-11(15-9)17(2)8-12(19)18-5-3-4-6-18/h7H,3-6,8,13H2,1-2H3,(H,14,15,16). The molecule has 0 aromatic carbocycles. The second kappa shape index (κ2) is 5.83. The van der Waals surface area contributed by atoms with E-state index in [9.17, 15) is 4.79 Å². The first-order valence-electron chi connectivity index (χ1n) is 6.41. The quantitative estimate of drug-likeness (QED) is 0.593. The van der Waals surface area contributed by atoms with Crippen LogP contribution in [0.1, 0.15) is 18.7 Å². The molecule has 1 aliphatic rings. The smallest absolute Gasteiger partial charge is 0.242 e. The predicted molar refractivity (Wildman–Crippen MR) is 73.7 cm³/mol. The van der Waals surface area contributed by atoms with Crippen LogP contribution in [0, 0.1) is 6.92 Å². The molecule has 1 amide bonds. The molecule has 0 atom stereocenters. The lowest BCUT2D eigenvalue weighted by Gasteiger charge is -2.22. The van der Waals surface area contributed by atoms with Crippen LogP contribution in [0.25, 0.3) is 0 Å². The molecule has 1 aromatic heterocycles. The van der Waals surface area contributed by atoms with Crippen molar-refractivity contribution in [2.24, 2.45) is 5.84 Å². The minimum Gasteiger partial charge on any atom is -0.350 e. The average Bonchev–Trinajstić information content (AvgIpc) is 2.91. The molecule has 1 aliphatic heterocycles. The van der Waals surface area contributed by atoms with Crippen LogP contribution in [0.15, 0.2) is 6.07 Å². The Kier molecular flexibility index (Phi) is 4.16. The Bertz CT molecular complexity index is 458. The van der Waals surface area contributed by atoms with E-state index in [-0.39, 0.29) is 5.91 Å². The number of amides is 1. The zero-order valence-corrected chi connectivity index (χ0v) is 11.4. The molecule has 0 spiro atoms. The van der Waals surface area contributed by atoms with Crippen molar-refractivity contribution in [2.75, 3.05) is 37.0 Å². The number of nitrogens with one attached hydrogen (secondary N) is 1. The monoisotopic (exact) mass is 264 g/mol. The van der Waals surface area contributed by atoms with Crippen LogP contribution in [-0.4, -0.2) is 47.5 Å². The number of nitrogens with zero attached hydrogens (tertiary/aromatic N) is 4. The molecule has 0 radical (unpaired) electrons. The van der Waals surface area contributed by atoms with E-state index in [1.54, 1.807) is 13.0 Å². The van der Waals surface area contributed by atoms with Gasteiger partial charge >= 0.3 is 0 Å². The molecule has 2 rings (SSSR count).